The van der Waals surface area contributed by atoms with E-state index in [4.69, 9.17) is 13.9 Å². The molecule has 5 aromatic rings. The lowest BCUT2D eigenvalue weighted by atomic mass is 10.1. The molecule has 1 heterocycles. The van der Waals surface area contributed by atoms with Crippen molar-refractivity contribution in [3.63, 3.8) is 0 Å². The first-order valence-electron chi connectivity index (χ1n) is 11.0. The van der Waals surface area contributed by atoms with Gasteiger partial charge in [0, 0.05) is 12.1 Å². The Labute approximate surface area is 201 Å². The molecule has 0 radical (unpaired) electrons. The van der Waals surface area contributed by atoms with Gasteiger partial charge in [0.1, 0.15) is 23.3 Å². The molecular weight excluding hydrogens is 440 g/mol. The number of hydrogen-bond acceptors (Lipinski definition) is 5. The minimum atomic E-state index is -0.533. The molecular formula is C30H20O5. The molecule has 0 aliphatic heterocycles. The maximum atomic E-state index is 12.9. The van der Waals surface area contributed by atoms with Crippen LogP contribution in [0.15, 0.2) is 125 Å². The number of benzene rings is 4. The van der Waals surface area contributed by atoms with Gasteiger partial charge in [-0.25, -0.2) is 4.79 Å². The summed E-state index contributed by atoms with van der Waals surface area (Å²) in [5.41, 5.74) is 3.00. The Morgan fingerprint density at radius 3 is 2.14 bits per heavy atom. The highest BCUT2D eigenvalue weighted by Crippen LogP contribution is 2.26. The predicted octanol–water partition coefficient (Wildman–Crippen LogP) is 6.87. The van der Waals surface area contributed by atoms with Crippen LogP contribution in [-0.2, 0) is 4.79 Å². The summed E-state index contributed by atoms with van der Waals surface area (Å²) in [6.45, 7) is 0. The fraction of sp³-hybridized carbons (Fsp3) is 0. The van der Waals surface area contributed by atoms with Crippen LogP contribution >= 0.6 is 0 Å². The molecule has 0 amide bonds. The maximum Gasteiger partial charge on any atom is 0.336 e. The fourth-order valence-electron chi connectivity index (χ4n) is 3.58. The van der Waals surface area contributed by atoms with E-state index in [-0.39, 0.29) is 16.9 Å². The number of ether oxygens (including phenoxy) is 2. The van der Waals surface area contributed by atoms with Crippen molar-refractivity contribution in [3.05, 3.63) is 131 Å². The quantitative estimate of drug-likeness (QED) is 0.157. The van der Waals surface area contributed by atoms with Crippen molar-refractivity contribution in [1.29, 1.82) is 0 Å². The zero-order chi connectivity index (χ0) is 24.0. The topological polar surface area (TPSA) is 65.7 Å². The van der Waals surface area contributed by atoms with Gasteiger partial charge in [-0.05, 0) is 47.0 Å². The summed E-state index contributed by atoms with van der Waals surface area (Å²) in [6.07, 6.45) is 4.27. The van der Waals surface area contributed by atoms with Gasteiger partial charge in [-0.15, -0.1) is 0 Å². The number of esters is 1. The molecule has 0 saturated carbocycles. The number of carbonyl (C=O) groups excluding carboxylic acids is 1. The van der Waals surface area contributed by atoms with Crippen LogP contribution in [0.1, 0.15) is 5.56 Å². The monoisotopic (exact) mass is 460 g/mol. The molecule has 4 aromatic carbocycles. The summed E-state index contributed by atoms with van der Waals surface area (Å²) >= 11 is 0. The van der Waals surface area contributed by atoms with Crippen molar-refractivity contribution < 1.29 is 18.7 Å². The average Bonchev–Trinajstić information content (AvgIpc) is 2.91. The predicted molar refractivity (Wildman–Crippen MR) is 136 cm³/mol. The molecule has 5 nitrogen and oxygen atoms in total. The normalized spacial score (nSPS) is 11.0. The molecule has 35 heavy (non-hydrogen) atoms. The number of fused-ring (bicyclic) bond motifs is 1. The van der Waals surface area contributed by atoms with Crippen LogP contribution in [0.25, 0.3) is 28.2 Å². The second-order valence-corrected chi connectivity index (χ2v) is 7.74. The molecule has 0 aliphatic carbocycles. The van der Waals surface area contributed by atoms with Gasteiger partial charge in [-0.2, -0.15) is 0 Å². The van der Waals surface area contributed by atoms with E-state index < -0.39 is 5.97 Å². The molecule has 0 spiro atoms. The summed E-state index contributed by atoms with van der Waals surface area (Å²) in [5.74, 6) is 0.329. The summed E-state index contributed by atoms with van der Waals surface area (Å²) in [6, 6.07) is 31.5. The number of rotatable bonds is 6. The molecule has 0 bridgehead atoms. The molecule has 5 heteroatoms. The SMILES string of the molecule is O=C(/C=C/c1ccccc1)Oc1ccc2c(=O)c(Oc3ccc(-c4ccccc4)cc3)coc2c1. The summed E-state index contributed by atoms with van der Waals surface area (Å²) in [7, 11) is 0. The van der Waals surface area contributed by atoms with Crippen LogP contribution in [0.5, 0.6) is 17.2 Å². The molecule has 0 unspecified atom stereocenters. The lowest BCUT2D eigenvalue weighted by Gasteiger charge is -2.08. The van der Waals surface area contributed by atoms with Crippen LogP contribution in [0.3, 0.4) is 0 Å². The lowest BCUT2D eigenvalue weighted by molar-refractivity contribution is -0.128. The Hall–Kier alpha value is -4.90. The highest BCUT2D eigenvalue weighted by Gasteiger charge is 2.11. The third-order valence-corrected chi connectivity index (χ3v) is 5.33. The van der Waals surface area contributed by atoms with Crippen molar-refractivity contribution in [2.24, 2.45) is 0 Å². The standard InChI is InChI=1S/C30H20O5/c31-29(18-11-21-7-3-1-4-8-21)35-25-16-17-26-27(19-25)33-20-28(30(26)32)34-24-14-12-23(13-15-24)22-9-5-2-6-10-22/h1-20H/b18-11+. The van der Waals surface area contributed by atoms with Gasteiger partial charge in [0.05, 0.1) is 5.39 Å². The van der Waals surface area contributed by atoms with E-state index in [1.54, 1.807) is 30.3 Å². The number of hydrogen-bond donors (Lipinski definition) is 0. The average molecular weight is 460 g/mol. The van der Waals surface area contributed by atoms with Crippen LogP contribution in [0.4, 0.5) is 0 Å². The first kappa shape index (κ1) is 21.9. The molecule has 0 atom stereocenters. The molecule has 1 aromatic heterocycles. The summed E-state index contributed by atoms with van der Waals surface area (Å²) in [4.78, 5) is 25.0. The zero-order valence-electron chi connectivity index (χ0n) is 18.6. The van der Waals surface area contributed by atoms with Crippen molar-refractivity contribution in [3.8, 4) is 28.4 Å². The second kappa shape index (κ2) is 9.93. The molecule has 0 saturated heterocycles. The van der Waals surface area contributed by atoms with Gasteiger partial charge in [0.25, 0.3) is 0 Å². The third-order valence-electron chi connectivity index (χ3n) is 5.33. The van der Waals surface area contributed by atoms with Crippen LogP contribution < -0.4 is 14.9 Å². The molecule has 0 fully saturated rings. The lowest BCUT2D eigenvalue weighted by Crippen LogP contribution is -2.06. The van der Waals surface area contributed by atoms with Gasteiger partial charge in [0.15, 0.2) is 0 Å². The first-order valence-corrected chi connectivity index (χ1v) is 11.0. The van der Waals surface area contributed by atoms with Crippen LogP contribution in [-0.4, -0.2) is 5.97 Å². The molecule has 0 N–H and O–H groups in total. The van der Waals surface area contributed by atoms with E-state index in [0.717, 1.165) is 16.7 Å². The minimum Gasteiger partial charge on any atom is -0.460 e. The Balaban J connectivity index is 1.30. The largest absolute Gasteiger partial charge is 0.460 e. The van der Waals surface area contributed by atoms with Crippen molar-refractivity contribution in [2.45, 2.75) is 0 Å². The summed E-state index contributed by atoms with van der Waals surface area (Å²) < 4.78 is 16.7. The summed E-state index contributed by atoms with van der Waals surface area (Å²) in [5, 5.41) is 0.322. The zero-order valence-corrected chi connectivity index (χ0v) is 18.6. The van der Waals surface area contributed by atoms with Crippen molar-refractivity contribution in [2.75, 3.05) is 0 Å². The van der Waals surface area contributed by atoms with Gasteiger partial charge < -0.3 is 13.9 Å². The Bertz CT molecular complexity index is 1550. The van der Waals surface area contributed by atoms with Gasteiger partial charge >= 0.3 is 5.97 Å². The number of carbonyl (C=O) groups is 1. The van der Waals surface area contributed by atoms with Gasteiger partial charge in [0.2, 0.25) is 11.2 Å². The van der Waals surface area contributed by atoms with Crippen LogP contribution in [0.2, 0.25) is 0 Å². The van der Waals surface area contributed by atoms with Gasteiger partial charge in [-0.1, -0.05) is 72.8 Å². The fourth-order valence-corrected chi connectivity index (χ4v) is 3.58. The Kier molecular flexibility index (Phi) is 6.22. The van der Waals surface area contributed by atoms with Gasteiger partial charge in [-0.3, -0.25) is 4.79 Å². The molecule has 0 aliphatic rings. The second-order valence-electron chi connectivity index (χ2n) is 7.74. The third kappa shape index (κ3) is 5.20. The molecule has 170 valence electrons. The van der Waals surface area contributed by atoms with E-state index in [1.165, 1.54) is 18.4 Å². The maximum absolute atomic E-state index is 12.9. The smallest absolute Gasteiger partial charge is 0.336 e. The van der Waals surface area contributed by atoms with E-state index in [1.807, 2.05) is 72.8 Å². The Morgan fingerprint density at radius 2 is 1.40 bits per heavy atom. The van der Waals surface area contributed by atoms with E-state index in [0.29, 0.717) is 16.7 Å². The van der Waals surface area contributed by atoms with E-state index >= 15 is 0 Å². The van der Waals surface area contributed by atoms with Crippen molar-refractivity contribution >= 4 is 23.0 Å². The van der Waals surface area contributed by atoms with E-state index in [2.05, 4.69) is 0 Å². The van der Waals surface area contributed by atoms with Crippen LogP contribution in [0, 0.1) is 0 Å². The first-order chi connectivity index (χ1) is 17.2. The minimum absolute atomic E-state index is 0.0699. The Morgan fingerprint density at radius 1 is 0.743 bits per heavy atom. The highest BCUT2D eigenvalue weighted by molar-refractivity contribution is 5.89. The molecule has 5 rings (SSSR count). The highest BCUT2D eigenvalue weighted by atomic mass is 16.5. The van der Waals surface area contributed by atoms with E-state index in [9.17, 15) is 9.59 Å². The van der Waals surface area contributed by atoms with Crippen molar-refractivity contribution in [1.82, 2.24) is 0 Å².